The number of carbonyl (C=O) groups is 5. The summed E-state index contributed by atoms with van der Waals surface area (Å²) in [6.45, 7) is 7.83. The van der Waals surface area contributed by atoms with Gasteiger partial charge < -0.3 is 31.1 Å². The maximum absolute atomic E-state index is 13.3. The Morgan fingerprint density at radius 2 is 1.71 bits per heavy atom. The lowest BCUT2D eigenvalue weighted by atomic mass is 9.91. The second-order valence-electron chi connectivity index (χ2n) is 18.7. The minimum absolute atomic E-state index is 0.123. The highest BCUT2D eigenvalue weighted by Crippen LogP contribution is 2.32. The van der Waals surface area contributed by atoms with E-state index >= 15 is 0 Å². The number of nitrogens with zero attached hydrogens (tertiary/aromatic N) is 8. The molecular formula is C51H54N12O5S. The van der Waals surface area contributed by atoms with E-state index in [-0.39, 0.29) is 54.4 Å². The van der Waals surface area contributed by atoms with E-state index in [1.807, 2.05) is 66.9 Å². The van der Waals surface area contributed by atoms with Gasteiger partial charge in [-0.2, -0.15) is 5.10 Å². The van der Waals surface area contributed by atoms with Crippen LogP contribution in [0.15, 0.2) is 107 Å². The summed E-state index contributed by atoms with van der Waals surface area (Å²) in [7, 11) is 0. The first-order valence-electron chi connectivity index (χ1n) is 23.5. The molecular weight excluding hydrogens is 893 g/mol. The van der Waals surface area contributed by atoms with E-state index in [0.717, 1.165) is 109 Å². The predicted octanol–water partition coefficient (Wildman–Crippen LogP) is 5.05. The fourth-order valence-corrected chi connectivity index (χ4v) is 10.5. The van der Waals surface area contributed by atoms with Crippen LogP contribution in [0.3, 0.4) is 0 Å². The van der Waals surface area contributed by atoms with Gasteiger partial charge in [-0.3, -0.25) is 34.2 Å². The number of hydrogen-bond acceptors (Lipinski definition) is 14. The number of carbonyl (C=O) groups excluding carboxylic acids is 5. The third kappa shape index (κ3) is 10.4. The molecule has 3 fully saturated rings. The smallest absolute Gasteiger partial charge is 0.272 e. The summed E-state index contributed by atoms with van der Waals surface area (Å²) in [5.74, 6) is -0.682. The molecule has 5 amide bonds. The molecule has 5 N–H and O–H groups in total. The zero-order chi connectivity index (χ0) is 47.6. The van der Waals surface area contributed by atoms with Gasteiger partial charge in [0.15, 0.2) is 5.69 Å². The third-order valence-electron chi connectivity index (χ3n) is 13.8. The van der Waals surface area contributed by atoms with Gasteiger partial charge in [-0.25, -0.2) is 9.97 Å². The molecule has 3 aromatic carbocycles. The Balaban J connectivity index is 0.665. The molecule has 5 aliphatic rings. The molecule has 5 aliphatic heterocycles. The Bertz CT molecular complexity index is 2810. The number of hydrogen-bond donors (Lipinski definition) is 4. The van der Waals surface area contributed by atoms with Gasteiger partial charge in [0, 0.05) is 97.8 Å². The number of rotatable bonds is 12. The van der Waals surface area contributed by atoms with Gasteiger partial charge in [0.25, 0.3) is 17.7 Å². The summed E-state index contributed by atoms with van der Waals surface area (Å²) in [6, 6.07) is 24.2. The van der Waals surface area contributed by atoms with Crippen LogP contribution >= 0.6 is 11.8 Å². The van der Waals surface area contributed by atoms with Crippen LogP contribution in [0.4, 0.5) is 17.2 Å². The molecule has 2 atom stereocenters. The van der Waals surface area contributed by atoms with Crippen molar-refractivity contribution in [2.45, 2.75) is 86.1 Å². The lowest BCUT2D eigenvalue weighted by Gasteiger charge is -2.37. The van der Waals surface area contributed by atoms with Gasteiger partial charge in [-0.05, 0) is 116 Å². The van der Waals surface area contributed by atoms with Crippen molar-refractivity contribution in [1.29, 1.82) is 0 Å². The fourth-order valence-electron chi connectivity index (χ4n) is 9.72. The number of piperidine rings is 2. The SMILES string of the molecule is CC1(N)CCN(c2cnc(Sc3cccc(NC(=O)c4ccc(N5CCC(N6CC=C(c7ccc(C(=O)NCc8ccc9c(c8)CN(C8CCC(=O)NC8=O)C9=O)nn7)CC6)C5)cc4)c3)cn2)CC1. The molecule has 354 valence electrons. The van der Waals surface area contributed by atoms with Crippen molar-refractivity contribution in [1.82, 2.24) is 40.6 Å². The van der Waals surface area contributed by atoms with Crippen molar-refractivity contribution in [3.63, 3.8) is 0 Å². The quantitative estimate of drug-likeness (QED) is 0.121. The van der Waals surface area contributed by atoms with Crippen LogP contribution in [0, 0.1) is 0 Å². The molecule has 0 bridgehead atoms. The van der Waals surface area contributed by atoms with Gasteiger partial charge in [0.2, 0.25) is 11.8 Å². The highest BCUT2D eigenvalue weighted by molar-refractivity contribution is 7.99. The number of amides is 5. The first kappa shape index (κ1) is 45.7. The van der Waals surface area contributed by atoms with E-state index in [0.29, 0.717) is 29.3 Å². The molecule has 0 saturated carbocycles. The maximum Gasteiger partial charge on any atom is 0.272 e. The largest absolute Gasteiger partial charge is 0.370 e. The van der Waals surface area contributed by atoms with Crippen LogP contribution in [0.5, 0.6) is 0 Å². The maximum atomic E-state index is 13.3. The molecule has 7 heterocycles. The molecule has 3 saturated heterocycles. The summed E-state index contributed by atoms with van der Waals surface area (Å²) in [4.78, 5) is 82.3. The molecule has 69 heavy (non-hydrogen) atoms. The molecule has 0 radical (unpaired) electrons. The van der Waals surface area contributed by atoms with Crippen LogP contribution in [0.2, 0.25) is 0 Å². The number of nitrogens with two attached hydrogens (primary N) is 1. The average Bonchev–Trinajstić information content (AvgIpc) is 3.99. The van der Waals surface area contributed by atoms with Gasteiger partial charge in [-0.1, -0.05) is 36.0 Å². The monoisotopic (exact) mass is 946 g/mol. The van der Waals surface area contributed by atoms with E-state index in [2.05, 4.69) is 63.8 Å². The van der Waals surface area contributed by atoms with Crippen molar-refractivity contribution in [3.8, 4) is 0 Å². The minimum atomic E-state index is -0.681. The van der Waals surface area contributed by atoms with E-state index < -0.39 is 11.9 Å². The second-order valence-corrected chi connectivity index (χ2v) is 19.8. The fraction of sp³-hybridized carbons (Fsp3) is 0.353. The molecule has 17 nitrogen and oxygen atoms in total. The summed E-state index contributed by atoms with van der Waals surface area (Å²) >= 11 is 1.50. The standard InChI is InChI=1S/C51H54N12O5S/c1-51(52)18-23-61(24-19-51)44-28-54-46(29-53-44)69-39-4-2-3-36(26-39)56-47(65)34-6-8-37(9-7-34)62-22-17-38(31-62)60-20-15-33(16-21-60)41-11-12-42(59-58-41)48(66)55-27-32-5-10-40-35(25-32)30-63(50(40)68)43-13-14-45(64)57-49(43)67/h2-12,15,25-26,28-29,38,43H,13-14,16-24,27,30-31,52H2,1H3,(H,55,66)(H,56,65)(H,57,64,67). The number of aromatic nitrogens is 4. The molecule has 5 aromatic rings. The Kier molecular flexibility index (Phi) is 12.9. The Hall–Kier alpha value is -7.02. The number of nitrogens with one attached hydrogen (secondary N) is 3. The number of imide groups is 1. The summed E-state index contributed by atoms with van der Waals surface area (Å²) in [6.07, 6.45) is 10.0. The van der Waals surface area contributed by atoms with Crippen LogP contribution in [-0.2, 0) is 22.7 Å². The third-order valence-corrected chi connectivity index (χ3v) is 14.8. The first-order chi connectivity index (χ1) is 33.4. The zero-order valence-corrected chi connectivity index (χ0v) is 39.2. The van der Waals surface area contributed by atoms with Crippen LogP contribution in [0.1, 0.15) is 93.5 Å². The van der Waals surface area contributed by atoms with Crippen LogP contribution in [-0.4, -0.2) is 116 Å². The van der Waals surface area contributed by atoms with Crippen molar-refractivity contribution < 1.29 is 24.0 Å². The van der Waals surface area contributed by atoms with Gasteiger partial charge in [0.1, 0.15) is 16.9 Å². The van der Waals surface area contributed by atoms with Crippen molar-refractivity contribution in [3.05, 3.63) is 131 Å². The normalized spacial score (nSPS) is 20.3. The van der Waals surface area contributed by atoms with Crippen LogP contribution in [0.25, 0.3) is 5.57 Å². The van der Waals surface area contributed by atoms with E-state index in [9.17, 15) is 24.0 Å². The topological polar surface area (TPSA) is 212 Å². The Labute approximate surface area is 404 Å². The van der Waals surface area contributed by atoms with Crippen molar-refractivity contribution in [2.75, 3.05) is 54.4 Å². The van der Waals surface area contributed by atoms with Gasteiger partial charge >= 0.3 is 0 Å². The highest BCUT2D eigenvalue weighted by Gasteiger charge is 2.39. The van der Waals surface area contributed by atoms with Crippen molar-refractivity contribution in [2.24, 2.45) is 5.73 Å². The van der Waals surface area contributed by atoms with Crippen LogP contribution < -0.4 is 31.5 Å². The second kappa shape index (κ2) is 19.5. The van der Waals surface area contributed by atoms with Gasteiger partial charge in [0.05, 0.1) is 18.1 Å². The number of anilines is 3. The van der Waals surface area contributed by atoms with E-state index in [4.69, 9.17) is 5.73 Å². The Morgan fingerprint density at radius 1 is 0.870 bits per heavy atom. The van der Waals surface area contributed by atoms with E-state index in [1.165, 1.54) is 16.7 Å². The highest BCUT2D eigenvalue weighted by atomic mass is 32.2. The first-order valence-corrected chi connectivity index (χ1v) is 24.3. The molecule has 2 aromatic heterocycles. The number of fused-ring (bicyclic) bond motifs is 1. The average molecular weight is 947 g/mol. The molecule has 10 rings (SSSR count). The molecule has 0 aliphatic carbocycles. The Morgan fingerprint density at radius 3 is 2.45 bits per heavy atom. The van der Waals surface area contributed by atoms with Crippen molar-refractivity contribution >= 4 is 64.1 Å². The van der Waals surface area contributed by atoms with E-state index in [1.54, 1.807) is 24.4 Å². The lowest BCUT2D eigenvalue weighted by Crippen LogP contribution is -2.52. The minimum Gasteiger partial charge on any atom is -0.370 e. The number of benzene rings is 3. The zero-order valence-electron chi connectivity index (χ0n) is 38.4. The lowest BCUT2D eigenvalue weighted by molar-refractivity contribution is -0.136. The molecule has 0 spiro atoms. The van der Waals surface area contributed by atoms with Gasteiger partial charge in [-0.15, -0.1) is 5.10 Å². The summed E-state index contributed by atoms with van der Waals surface area (Å²) < 4.78 is 0. The summed E-state index contributed by atoms with van der Waals surface area (Å²) in [5.41, 5.74) is 12.7. The molecule has 18 heteroatoms. The summed E-state index contributed by atoms with van der Waals surface area (Å²) in [5, 5.41) is 17.7. The molecule has 2 unspecified atom stereocenters. The predicted molar refractivity (Wildman–Crippen MR) is 262 cm³/mol.